The molecule has 0 aliphatic heterocycles. The van der Waals surface area contributed by atoms with E-state index in [9.17, 15) is 4.79 Å². The van der Waals surface area contributed by atoms with Crippen molar-refractivity contribution in [2.45, 2.75) is 64.8 Å². The Morgan fingerprint density at radius 3 is 2.31 bits per heavy atom. The zero-order chi connectivity index (χ0) is 23.1. The molecule has 0 aliphatic carbocycles. The van der Waals surface area contributed by atoms with Gasteiger partial charge in [0, 0.05) is 12.2 Å². The van der Waals surface area contributed by atoms with Gasteiger partial charge in [-0.15, -0.1) is 10.2 Å². The molecule has 1 amide bonds. The molecular formula is C25H32N4O2S. The summed E-state index contributed by atoms with van der Waals surface area (Å²) in [5, 5.41) is 12.2. The zero-order valence-electron chi connectivity index (χ0n) is 19.5. The summed E-state index contributed by atoms with van der Waals surface area (Å²) in [5.74, 6) is 1.74. The molecule has 32 heavy (non-hydrogen) atoms. The number of carbonyl (C=O) groups is 1. The Bertz CT molecular complexity index is 1020. The van der Waals surface area contributed by atoms with Gasteiger partial charge in [-0.3, -0.25) is 4.79 Å². The van der Waals surface area contributed by atoms with Crippen molar-refractivity contribution >= 4 is 23.4 Å². The van der Waals surface area contributed by atoms with Crippen molar-refractivity contribution in [3.63, 3.8) is 0 Å². The zero-order valence-corrected chi connectivity index (χ0v) is 20.3. The van der Waals surface area contributed by atoms with Crippen LogP contribution in [0, 0.1) is 0 Å². The molecule has 0 radical (unpaired) electrons. The van der Waals surface area contributed by atoms with Crippen molar-refractivity contribution in [2.75, 3.05) is 11.1 Å². The molecule has 6 nitrogen and oxygen atoms in total. The highest BCUT2D eigenvalue weighted by molar-refractivity contribution is 7.99. The molecular weight excluding hydrogens is 420 g/mol. The molecule has 0 bridgehead atoms. The van der Waals surface area contributed by atoms with Gasteiger partial charge in [-0.25, -0.2) is 0 Å². The first kappa shape index (κ1) is 23.9. The number of carbonyl (C=O) groups excluding carboxylic acids is 1. The van der Waals surface area contributed by atoms with E-state index >= 15 is 0 Å². The van der Waals surface area contributed by atoms with Crippen LogP contribution in [0.2, 0.25) is 0 Å². The van der Waals surface area contributed by atoms with E-state index in [0.717, 1.165) is 23.7 Å². The van der Waals surface area contributed by atoms with Crippen LogP contribution in [0.5, 0.6) is 5.75 Å². The van der Waals surface area contributed by atoms with Gasteiger partial charge in [-0.05, 0) is 54.2 Å². The van der Waals surface area contributed by atoms with Crippen LogP contribution in [-0.2, 0) is 29.8 Å². The number of thioether (sulfide) groups is 1. The van der Waals surface area contributed by atoms with Gasteiger partial charge in [0.25, 0.3) is 0 Å². The van der Waals surface area contributed by atoms with Crippen molar-refractivity contribution in [1.29, 1.82) is 0 Å². The van der Waals surface area contributed by atoms with E-state index in [0.29, 0.717) is 18.3 Å². The molecule has 7 heteroatoms. The van der Waals surface area contributed by atoms with Crippen LogP contribution in [0.3, 0.4) is 0 Å². The highest BCUT2D eigenvalue weighted by atomic mass is 32.2. The minimum absolute atomic E-state index is 0.0679. The van der Waals surface area contributed by atoms with Crippen LogP contribution in [0.25, 0.3) is 0 Å². The Morgan fingerprint density at radius 1 is 1.03 bits per heavy atom. The van der Waals surface area contributed by atoms with Gasteiger partial charge in [-0.2, -0.15) is 0 Å². The molecule has 0 saturated carbocycles. The van der Waals surface area contributed by atoms with E-state index in [1.165, 1.54) is 22.9 Å². The third-order valence-corrected chi connectivity index (χ3v) is 6.14. The third-order valence-electron chi connectivity index (χ3n) is 5.18. The summed E-state index contributed by atoms with van der Waals surface area (Å²) in [5.41, 5.74) is 3.42. The van der Waals surface area contributed by atoms with E-state index in [-0.39, 0.29) is 17.1 Å². The van der Waals surface area contributed by atoms with Crippen LogP contribution in [0.1, 0.15) is 51.6 Å². The van der Waals surface area contributed by atoms with Gasteiger partial charge in [0.1, 0.15) is 12.4 Å². The molecule has 0 spiro atoms. The van der Waals surface area contributed by atoms with Crippen molar-refractivity contribution in [3.05, 3.63) is 65.5 Å². The van der Waals surface area contributed by atoms with Crippen LogP contribution in [-0.4, -0.2) is 26.4 Å². The average Bonchev–Trinajstić information content (AvgIpc) is 3.18. The summed E-state index contributed by atoms with van der Waals surface area (Å²) in [6, 6.07) is 16.1. The van der Waals surface area contributed by atoms with E-state index in [1.54, 1.807) is 0 Å². The Kier molecular flexibility index (Phi) is 7.96. The number of benzene rings is 2. The first-order chi connectivity index (χ1) is 15.3. The Morgan fingerprint density at radius 2 is 1.72 bits per heavy atom. The molecule has 1 heterocycles. The smallest absolute Gasteiger partial charge is 0.234 e. The molecule has 0 saturated heterocycles. The van der Waals surface area contributed by atoms with Crippen LogP contribution in [0.15, 0.2) is 53.7 Å². The SMILES string of the molecule is CCc1ccc(NC(=O)CSc2nnc(COc3ccc(C(C)(C)C)cc3)n2CC)cc1. The molecule has 170 valence electrons. The number of nitrogens with zero attached hydrogens (tertiary/aromatic N) is 3. The molecule has 3 rings (SSSR count). The lowest BCUT2D eigenvalue weighted by molar-refractivity contribution is -0.113. The predicted molar refractivity (Wildman–Crippen MR) is 130 cm³/mol. The normalized spacial score (nSPS) is 11.4. The number of aryl methyl sites for hydroxylation is 1. The van der Waals surface area contributed by atoms with E-state index < -0.39 is 0 Å². The van der Waals surface area contributed by atoms with Crippen molar-refractivity contribution in [3.8, 4) is 5.75 Å². The fraction of sp³-hybridized carbons (Fsp3) is 0.400. The summed E-state index contributed by atoms with van der Waals surface area (Å²) >= 11 is 1.38. The maximum absolute atomic E-state index is 12.3. The molecule has 1 N–H and O–H groups in total. The number of hydrogen-bond acceptors (Lipinski definition) is 5. The highest BCUT2D eigenvalue weighted by Crippen LogP contribution is 2.25. The van der Waals surface area contributed by atoms with Crippen LogP contribution >= 0.6 is 11.8 Å². The Labute approximate surface area is 194 Å². The number of nitrogens with one attached hydrogen (secondary N) is 1. The van der Waals surface area contributed by atoms with Gasteiger partial charge in [0.2, 0.25) is 5.91 Å². The topological polar surface area (TPSA) is 69.0 Å². The second kappa shape index (κ2) is 10.7. The van der Waals surface area contributed by atoms with E-state index in [2.05, 4.69) is 55.3 Å². The number of anilines is 1. The monoisotopic (exact) mass is 452 g/mol. The fourth-order valence-corrected chi connectivity index (χ4v) is 4.02. The second-order valence-corrected chi connectivity index (χ2v) is 9.54. The molecule has 1 aromatic heterocycles. The second-order valence-electron chi connectivity index (χ2n) is 8.59. The van der Waals surface area contributed by atoms with Gasteiger partial charge in [0.05, 0.1) is 5.75 Å². The number of amides is 1. The number of aromatic nitrogens is 3. The molecule has 0 fully saturated rings. The van der Waals surface area contributed by atoms with Gasteiger partial charge in [0.15, 0.2) is 11.0 Å². The van der Waals surface area contributed by atoms with E-state index in [1.807, 2.05) is 47.9 Å². The number of hydrogen-bond donors (Lipinski definition) is 1. The first-order valence-electron chi connectivity index (χ1n) is 11.0. The number of ether oxygens (including phenoxy) is 1. The minimum Gasteiger partial charge on any atom is -0.486 e. The van der Waals surface area contributed by atoms with Gasteiger partial charge >= 0.3 is 0 Å². The quantitative estimate of drug-likeness (QED) is 0.436. The molecule has 0 unspecified atom stereocenters. The predicted octanol–water partition coefficient (Wildman–Crippen LogP) is 5.47. The van der Waals surface area contributed by atoms with Crippen LogP contribution in [0.4, 0.5) is 5.69 Å². The van der Waals surface area contributed by atoms with Crippen LogP contribution < -0.4 is 10.1 Å². The maximum atomic E-state index is 12.3. The Balaban J connectivity index is 1.55. The summed E-state index contributed by atoms with van der Waals surface area (Å²) < 4.78 is 7.91. The van der Waals surface area contributed by atoms with E-state index in [4.69, 9.17) is 4.74 Å². The summed E-state index contributed by atoms with van der Waals surface area (Å²) in [6.07, 6.45) is 0.977. The summed E-state index contributed by atoms with van der Waals surface area (Å²) in [7, 11) is 0. The van der Waals surface area contributed by atoms with Crippen molar-refractivity contribution in [2.24, 2.45) is 0 Å². The third kappa shape index (κ3) is 6.36. The molecule has 0 atom stereocenters. The van der Waals surface area contributed by atoms with Crippen molar-refractivity contribution in [1.82, 2.24) is 14.8 Å². The first-order valence-corrected chi connectivity index (χ1v) is 12.0. The van der Waals surface area contributed by atoms with Crippen molar-refractivity contribution < 1.29 is 9.53 Å². The largest absolute Gasteiger partial charge is 0.486 e. The lowest BCUT2D eigenvalue weighted by Gasteiger charge is -2.19. The lowest BCUT2D eigenvalue weighted by Crippen LogP contribution is -2.15. The fourth-order valence-electron chi connectivity index (χ4n) is 3.20. The molecule has 2 aromatic carbocycles. The summed E-state index contributed by atoms with van der Waals surface area (Å²) in [4.78, 5) is 12.3. The lowest BCUT2D eigenvalue weighted by atomic mass is 9.87. The van der Waals surface area contributed by atoms with Gasteiger partial charge in [-0.1, -0.05) is 63.7 Å². The minimum atomic E-state index is -0.0679. The summed E-state index contributed by atoms with van der Waals surface area (Å²) in [6.45, 7) is 11.7. The average molecular weight is 453 g/mol. The highest BCUT2D eigenvalue weighted by Gasteiger charge is 2.15. The standard InChI is InChI=1S/C25H32N4O2S/c1-6-18-8-12-20(13-9-18)26-23(30)17-32-24-28-27-22(29(24)7-2)16-31-21-14-10-19(11-15-21)25(3,4)5/h8-15H,6-7,16-17H2,1-5H3,(H,26,30). The van der Waals surface area contributed by atoms with Gasteiger partial charge < -0.3 is 14.6 Å². The molecule has 0 aliphatic rings. The molecule has 3 aromatic rings. The number of rotatable bonds is 9. The maximum Gasteiger partial charge on any atom is 0.234 e. The Hall–Kier alpha value is -2.80.